The van der Waals surface area contributed by atoms with Crippen LogP contribution in [0.4, 0.5) is 4.39 Å². The molecule has 0 aliphatic rings. The van der Waals surface area contributed by atoms with E-state index in [0.29, 0.717) is 5.56 Å². The first-order valence-electron chi connectivity index (χ1n) is 5.79. The van der Waals surface area contributed by atoms with Crippen LogP contribution in [0.5, 0.6) is 0 Å². The number of carbonyl (C=O) groups excluding carboxylic acids is 1. The van der Waals surface area contributed by atoms with Crippen molar-refractivity contribution in [3.05, 3.63) is 77.6 Å². The smallest absolute Gasteiger partial charge is 0.229 e. The molecule has 0 heterocycles. The predicted molar refractivity (Wildman–Crippen MR) is 73.8 cm³/mol. The summed E-state index contributed by atoms with van der Waals surface area (Å²) in [5.41, 5.74) is 1.42. The molecule has 0 fully saturated rings. The maximum absolute atomic E-state index is 12.9. The molecule has 2 aromatic carbocycles. The Kier molecular flexibility index (Phi) is 4.25. The molecule has 0 N–H and O–H groups in total. The average Bonchev–Trinajstić information content (AvgIpc) is 2.44. The van der Waals surface area contributed by atoms with Gasteiger partial charge in [-0.1, -0.05) is 42.3 Å². The minimum Gasteiger partial charge on any atom is -0.280 e. The molecular formula is C17H11FO. The van der Waals surface area contributed by atoms with Gasteiger partial charge in [0.05, 0.1) is 0 Å². The molecule has 0 radical (unpaired) electrons. The topological polar surface area (TPSA) is 17.1 Å². The second-order valence-corrected chi connectivity index (χ2v) is 3.87. The zero-order valence-electron chi connectivity index (χ0n) is 10.1. The number of benzene rings is 2. The Balaban J connectivity index is 2.04. The highest BCUT2D eigenvalue weighted by Gasteiger charge is 1.92. The van der Waals surface area contributed by atoms with Crippen molar-refractivity contribution in [3.63, 3.8) is 0 Å². The van der Waals surface area contributed by atoms with Crippen molar-refractivity contribution >= 4 is 11.9 Å². The van der Waals surface area contributed by atoms with E-state index in [1.807, 2.05) is 30.3 Å². The molecule has 0 aliphatic carbocycles. The molecule has 0 saturated heterocycles. The van der Waals surface area contributed by atoms with Gasteiger partial charge in [0.2, 0.25) is 5.78 Å². The van der Waals surface area contributed by atoms with Crippen LogP contribution in [0.3, 0.4) is 0 Å². The van der Waals surface area contributed by atoms with E-state index in [2.05, 4.69) is 11.8 Å². The van der Waals surface area contributed by atoms with Crippen LogP contribution < -0.4 is 0 Å². The molecule has 0 bridgehead atoms. The molecule has 92 valence electrons. The first kappa shape index (κ1) is 12.8. The summed E-state index contributed by atoms with van der Waals surface area (Å²) in [5, 5.41) is 0. The van der Waals surface area contributed by atoms with E-state index in [1.54, 1.807) is 18.2 Å². The summed E-state index contributed by atoms with van der Waals surface area (Å²) in [6.07, 6.45) is 2.88. The summed E-state index contributed by atoms with van der Waals surface area (Å²) in [5.74, 6) is 4.64. The molecule has 0 atom stereocenters. The molecule has 0 aromatic heterocycles. The van der Waals surface area contributed by atoms with Crippen LogP contribution >= 0.6 is 0 Å². The van der Waals surface area contributed by atoms with Crippen molar-refractivity contribution in [2.45, 2.75) is 0 Å². The molecule has 0 amide bonds. The number of halogens is 1. The van der Waals surface area contributed by atoms with Crippen molar-refractivity contribution in [2.75, 3.05) is 0 Å². The Labute approximate surface area is 111 Å². The van der Waals surface area contributed by atoms with Crippen LogP contribution in [0.1, 0.15) is 11.1 Å². The standard InChI is InChI=1S/C17H11FO/c18-16-8-4-7-15(13-16)10-12-17(19)11-9-14-5-2-1-3-6-14/h1-8,10,12-13H/b12-10+. The Morgan fingerprint density at radius 2 is 1.84 bits per heavy atom. The van der Waals surface area contributed by atoms with Crippen molar-refractivity contribution in [3.8, 4) is 11.8 Å². The van der Waals surface area contributed by atoms with Gasteiger partial charge in [0.15, 0.2) is 0 Å². The van der Waals surface area contributed by atoms with E-state index in [4.69, 9.17) is 0 Å². The number of ketones is 1. The zero-order chi connectivity index (χ0) is 13.5. The average molecular weight is 250 g/mol. The molecule has 0 saturated carbocycles. The fourth-order valence-corrected chi connectivity index (χ4v) is 1.48. The van der Waals surface area contributed by atoms with Crippen molar-refractivity contribution < 1.29 is 9.18 Å². The van der Waals surface area contributed by atoms with E-state index in [1.165, 1.54) is 18.2 Å². The summed E-state index contributed by atoms with van der Waals surface area (Å²) in [6.45, 7) is 0. The van der Waals surface area contributed by atoms with Gasteiger partial charge in [-0.15, -0.1) is 0 Å². The second-order valence-electron chi connectivity index (χ2n) is 3.87. The summed E-state index contributed by atoms with van der Waals surface area (Å²) < 4.78 is 12.9. The second kappa shape index (κ2) is 6.32. The third kappa shape index (κ3) is 4.25. The summed E-state index contributed by atoms with van der Waals surface area (Å²) in [6, 6.07) is 15.3. The van der Waals surface area contributed by atoms with Crippen molar-refractivity contribution in [2.24, 2.45) is 0 Å². The summed E-state index contributed by atoms with van der Waals surface area (Å²) >= 11 is 0. The number of rotatable bonds is 2. The minimum atomic E-state index is -0.329. The van der Waals surface area contributed by atoms with Crippen LogP contribution in [0.25, 0.3) is 6.08 Å². The van der Waals surface area contributed by atoms with Crippen molar-refractivity contribution in [1.82, 2.24) is 0 Å². The van der Waals surface area contributed by atoms with Crippen molar-refractivity contribution in [1.29, 1.82) is 0 Å². The quantitative estimate of drug-likeness (QED) is 0.589. The first-order chi connectivity index (χ1) is 9.24. The van der Waals surface area contributed by atoms with Crippen LogP contribution in [0.15, 0.2) is 60.7 Å². The molecule has 1 nitrogen and oxygen atoms in total. The number of allylic oxidation sites excluding steroid dienone is 1. The number of hydrogen-bond donors (Lipinski definition) is 0. The van der Waals surface area contributed by atoms with Gasteiger partial charge in [0.25, 0.3) is 0 Å². The van der Waals surface area contributed by atoms with E-state index in [9.17, 15) is 9.18 Å². The maximum Gasteiger partial charge on any atom is 0.229 e. The lowest BCUT2D eigenvalue weighted by Gasteiger charge is -1.91. The van der Waals surface area contributed by atoms with E-state index >= 15 is 0 Å². The molecule has 0 aliphatic heterocycles. The summed E-state index contributed by atoms with van der Waals surface area (Å²) in [4.78, 5) is 11.5. The highest BCUT2D eigenvalue weighted by atomic mass is 19.1. The number of hydrogen-bond acceptors (Lipinski definition) is 1. The maximum atomic E-state index is 12.9. The molecular weight excluding hydrogens is 239 g/mol. The Morgan fingerprint density at radius 3 is 2.58 bits per heavy atom. The van der Waals surface area contributed by atoms with Gasteiger partial charge in [0.1, 0.15) is 5.82 Å². The molecule has 0 unspecified atom stereocenters. The monoisotopic (exact) mass is 250 g/mol. The van der Waals surface area contributed by atoms with E-state index < -0.39 is 0 Å². The lowest BCUT2D eigenvalue weighted by atomic mass is 10.2. The molecule has 2 aromatic rings. The van der Waals surface area contributed by atoms with E-state index in [0.717, 1.165) is 5.56 Å². The minimum absolute atomic E-state index is 0.312. The van der Waals surface area contributed by atoms with Gasteiger partial charge < -0.3 is 0 Å². The van der Waals surface area contributed by atoms with Crippen LogP contribution in [-0.4, -0.2) is 5.78 Å². The fraction of sp³-hybridized carbons (Fsp3) is 0. The lowest BCUT2D eigenvalue weighted by Crippen LogP contribution is -1.86. The zero-order valence-corrected chi connectivity index (χ0v) is 10.1. The van der Waals surface area contributed by atoms with Gasteiger partial charge >= 0.3 is 0 Å². The highest BCUT2D eigenvalue weighted by Crippen LogP contribution is 2.05. The molecule has 0 spiro atoms. The summed E-state index contributed by atoms with van der Waals surface area (Å²) in [7, 11) is 0. The van der Waals surface area contributed by atoms with Crippen LogP contribution in [0.2, 0.25) is 0 Å². The molecule has 19 heavy (non-hydrogen) atoms. The number of carbonyl (C=O) groups is 1. The highest BCUT2D eigenvalue weighted by molar-refractivity contribution is 6.06. The van der Waals surface area contributed by atoms with Gasteiger partial charge in [-0.05, 0) is 41.8 Å². The molecule has 2 rings (SSSR count). The normalized spacial score (nSPS) is 9.95. The van der Waals surface area contributed by atoms with E-state index in [-0.39, 0.29) is 11.6 Å². The van der Waals surface area contributed by atoms with Gasteiger partial charge in [-0.2, -0.15) is 0 Å². The van der Waals surface area contributed by atoms with Crippen LogP contribution in [0, 0.1) is 17.7 Å². The lowest BCUT2D eigenvalue weighted by molar-refractivity contribution is -0.109. The first-order valence-corrected chi connectivity index (χ1v) is 5.79. The van der Waals surface area contributed by atoms with Gasteiger partial charge in [-0.3, -0.25) is 4.79 Å². The third-order valence-corrected chi connectivity index (χ3v) is 2.38. The van der Waals surface area contributed by atoms with Gasteiger partial charge in [-0.25, -0.2) is 4.39 Å². The SMILES string of the molecule is O=C(C#Cc1ccccc1)/C=C/c1cccc(F)c1. The Hall–Kier alpha value is -2.66. The fourth-order valence-electron chi connectivity index (χ4n) is 1.48. The Bertz CT molecular complexity index is 660. The largest absolute Gasteiger partial charge is 0.280 e. The van der Waals surface area contributed by atoms with Gasteiger partial charge in [0, 0.05) is 5.56 Å². The Morgan fingerprint density at radius 1 is 1.05 bits per heavy atom. The van der Waals surface area contributed by atoms with Crippen LogP contribution in [-0.2, 0) is 4.79 Å². The predicted octanol–water partition coefficient (Wildman–Crippen LogP) is 3.46. The third-order valence-electron chi connectivity index (χ3n) is 2.38. The molecule has 2 heteroatoms.